The normalized spacial score (nSPS) is 21.6. The van der Waals surface area contributed by atoms with Crippen molar-refractivity contribution in [2.45, 2.75) is 45.3 Å². The first-order chi connectivity index (χ1) is 9.21. The molecule has 1 aromatic heterocycles. The number of hydrogen-bond donors (Lipinski definition) is 3. The van der Waals surface area contributed by atoms with Gasteiger partial charge in [0.05, 0.1) is 12.7 Å². The van der Waals surface area contributed by atoms with Gasteiger partial charge in [-0.2, -0.15) is 15.0 Å². The highest BCUT2D eigenvalue weighted by molar-refractivity contribution is 5.37. The van der Waals surface area contributed by atoms with E-state index in [1.807, 2.05) is 13.8 Å². The maximum atomic E-state index is 9.28. The zero-order valence-corrected chi connectivity index (χ0v) is 11.4. The Hall–Kier alpha value is -1.63. The molecule has 2 rings (SSSR count). The molecule has 0 aliphatic heterocycles. The molecule has 0 unspecified atom stereocenters. The second-order valence-corrected chi connectivity index (χ2v) is 4.61. The molecule has 0 saturated heterocycles. The van der Waals surface area contributed by atoms with Crippen LogP contribution in [0.25, 0.3) is 0 Å². The molecule has 7 heteroatoms. The molecule has 0 atom stereocenters. The van der Waals surface area contributed by atoms with Crippen LogP contribution in [0.1, 0.15) is 33.1 Å². The predicted octanol–water partition coefficient (Wildman–Crippen LogP) is 1.03. The highest BCUT2D eigenvalue weighted by Crippen LogP contribution is 2.23. The SMILES string of the molecule is CCCOc1nc(NCC)nc(NC2CC(O)C2)n1. The van der Waals surface area contributed by atoms with Gasteiger partial charge in [0.2, 0.25) is 11.9 Å². The predicted molar refractivity (Wildman–Crippen MR) is 72.4 cm³/mol. The van der Waals surface area contributed by atoms with E-state index in [2.05, 4.69) is 25.6 Å². The summed E-state index contributed by atoms with van der Waals surface area (Å²) in [6.07, 6.45) is 2.16. The van der Waals surface area contributed by atoms with Gasteiger partial charge in [0.15, 0.2) is 0 Å². The molecule has 1 aliphatic rings. The molecule has 19 heavy (non-hydrogen) atoms. The van der Waals surface area contributed by atoms with Crippen molar-refractivity contribution in [2.24, 2.45) is 0 Å². The third-order valence-electron chi connectivity index (χ3n) is 2.83. The lowest BCUT2D eigenvalue weighted by Crippen LogP contribution is -2.39. The summed E-state index contributed by atoms with van der Waals surface area (Å²) in [5, 5.41) is 15.5. The molecule has 1 aromatic rings. The molecule has 106 valence electrons. The quantitative estimate of drug-likeness (QED) is 0.679. The van der Waals surface area contributed by atoms with Gasteiger partial charge in [-0.3, -0.25) is 0 Å². The Bertz CT molecular complexity index is 409. The summed E-state index contributed by atoms with van der Waals surface area (Å²) in [7, 11) is 0. The van der Waals surface area contributed by atoms with Gasteiger partial charge in [-0.05, 0) is 26.2 Å². The van der Waals surface area contributed by atoms with E-state index < -0.39 is 0 Å². The van der Waals surface area contributed by atoms with E-state index in [0.717, 1.165) is 25.8 Å². The second kappa shape index (κ2) is 6.51. The molecule has 1 aliphatic carbocycles. The maximum Gasteiger partial charge on any atom is 0.323 e. The van der Waals surface area contributed by atoms with Gasteiger partial charge in [0.1, 0.15) is 0 Å². The Morgan fingerprint density at radius 1 is 1.21 bits per heavy atom. The summed E-state index contributed by atoms with van der Waals surface area (Å²) in [4.78, 5) is 12.7. The largest absolute Gasteiger partial charge is 0.463 e. The molecule has 7 nitrogen and oxygen atoms in total. The van der Waals surface area contributed by atoms with Crippen LogP contribution in [0.2, 0.25) is 0 Å². The summed E-state index contributed by atoms with van der Waals surface area (Å²) in [6.45, 7) is 5.32. The van der Waals surface area contributed by atoms with Crippen molar-refractivity contribution in [2.75, 3.05) is 23.8 Å². The Morgan fingerprint density at radius 3 is 2.58 bits per heavy atom. The highest BCUT2D eigenvalue weighted by atomic mass is 16.5. The summed E-state index contributed by atoms with van der Waals surface area (Å²) in [5.74, 6) is 1.000. The van der Waals surface area contributed by atoms with Crippen LogP contribution < -0.4 is 15.4 Å². The first-order valence-electron chi connectivity index (χ1n) is 6.78. The molecule has 0 amide bonds. The van der Waals surface area contributed by atoms with E-state index in [1.54, 1.807) is 0 Å². The molecule has 0 spiro atoms. The van der Waals surface area contributed by atoms with E-state index in [-0.39, 0.29) is 12.1 Å². The summed E-state index contributed by atoms with van der Waals surface area (Å²) in [6, 6.07) is 0.557. The minimum atomic E-state index is -0.205. The monoisotopic (exact) mass is 267 g/mol. The van der Waals surface area contributed by atoms with Crippen molar-refractivity contribution in [3.8, 4) is 6.01 Å². The van der Waals surface area contributed by atoms with Crippen molar-refractivity contribution in [3.63, 3.8) is 0 Å². The topological polar surface area (TPSA) is 92.2 Å². The first-order valence-corrected chi connectivity index (χ1v) is 6.78. The Balaban J connectivity index is 2.04. The number of hydrogen-bond acceptors (Lipinski definition) is 7. The number of nitrogens with zero attached hydrogens (tertiary/aromatic N) is 3. The third kappa shape index (κ3) is 3.92. The third-order valence-corrected chi connectivity index (χ3v) is 2.83. The second-order valence-electron chi connectivity index (χ2n) is 4.61. The molecule has 0 radical (unpaired) electrons. The first kappa shape index (κ1) is 13.8. The zero-order valence-electron chi connectivity index (χ0n) is 11.4. The van der Waals surface area contributed by atoms with Gasteiger partial charge in [-0.15, -0.1) is 0 Å². The lowest BCUT2D eigenvalue weighted by molar-refractivity contribution is 0.0834. The highest BCUT2D eigenvalue weighted by Gasteiger charge is 2.27. The van der Waals surface area contributed by atoms with Crippen molar-refractivity contribution >= 4 is 11.9 Å². The zero-order chi connectivity index (χ0) is 13.7. The van der Waals surface area contributed by atoms with Gasteiger partial charge in [-0.25, -0.2) is 0 Å². The van der Waals surface area contributed by atoms with Crippen molar-refractivity contribution in [3.05, 3.63) is 0 Å². The number of aromatic nitrogens is 3. The fraction of sp³-hybridized carbons (Fsp3) is 0.750. The minimum absolute atomic E-state index is 0.205. The Morgan fingerprint density at radius 2 is 1.95 bits per heavy atom. The van der Waals surface area contributed by atoms with Crippen LogP contribution in [0.5, 0.6) is 6.01 Å². The molecular formula is C12H21N5O2. The van der Waals surface area contributed by atoms with Crippen LogP contribution in [-0.4, -0.2) is 45.4 Å². The molecule has 0 bridgehead atoms. The standard InChI is InChI=1S/C12H21N5O2/c1-3-5-19-12-16-10(13-4-2)15-11(17-12)14-8-6-9(18)7-8/h8-9,18H,3-7H2,1-2H3,(H2,13,14,15,16,17). The number of anilines is 2. The molecule has 1 saturated carbocycles. The Labute approximate surface area is 112 Å². The van der Waals surface area contributed by atoms with Crippen molar-refractivity contribution < 1.29 is 9.84 Å². The number of ether oxygens (including phenoxy) is 1. The van der Waals surface area contributed by atoms with Crippen LogP contribution in [0.15, 0.2) is 0 Å². The maximum absolute atomic E-state index is 9.28. The van der Waals surface area contributed by atoms with Crippen molar-refractivity contribution in [1.82, 2.24) is 15.0 Å². The summed E-state index contributed by atoms with van der Waals surface area (Å²) < 4.78 is 5.45. The van der Waals surface area contributed by atoms with Gasteiger partial charge < -0.3 is 20.5 Å². The van der Waals surface area contributed by atoms with Crippen LogP contribution in [-0.2, 0) is 0 Å². The van der Waals surface area contributed by atoms with Gasteiger partial charge in [0.25, 0.3) is 0 Å². The average Bonchev–Trinajstić information content (AvgIpc) is 2.35. The van der Waals surface area contributed by atoms with Crippen LogP contribution in [0.4, 0.5) is 11.9 Å². The number of aliphatic hydroxyl groups excluding tert-OH is 1. The fourth-order valence-corrected chi connectivity index (χ4v) is 1.80. The van der Waals surface area contributed by atoms with E-state index in [9.17, 15) is 5.11 Å². The van der Waals surface area contributed by atoms with Crippen molar-refractivity contribution in [1.29, 1.82) is 0 Å². The van der Waals surface area contributed by atoms with E-state index in [0.29, 0.717) is 24.5 Å². The van der Waals surface area contributed by atoms with E-state index in [4.69, 9.17) is 4.74 Å². The average molecular weight is 267 g/mol. The minimum Gasteiger partial charge on any atom is -0.463 e. The lowest BCUT2D eigenvalue weighted by Gasteiger charge is -2.31. The van der Waals surface area contributed by atoms with Crippen LogP contribution in [0.3, 0.4) is 0 Å². The fourth-order valence-electron chi connectivity index (χ4n) is 1.80. The molecule has 0 aromatic carbocycles. The number of rotatable bonds is 7. The van der Waals surface area contributed by atoms with Gasteiger partial charge in [-0.1, -0.05) is 6.92 Å². The number of nitrogens with one attached hydrogen (secondary N) is 2. The van der Waals surface area contributed by atoms with Gasteiger partial charge in [0, 0.05) is 12.6 Å². The lowest BCUT2D eigenvalue weighted by atomic mass is 9.90. The molecule has 1 fully saturated rings. The Kier molecular flexibility index (Phi) is 4.73. The van der Waals surface area contributed by atoms with Gasteiger partial charge >= 0.3 is 6.01 Å². The molecular weight excluding hydrogens is 246 g/mol. The number of aliphatic hydroxyl groups is 1. The van der Waals surface area contributed by atoms with E-state index in [1.165, 1.54) is 0 Å². The van der Waals surface area contributed by atoms with Crippen LogP contribution >= 0.6 is 0 Å². The summed E-state index contributed by atoms with van der Waals surface area (Å²) >= 11 is 0. The van der Waals surface area contributed by atoms with Crippen LogP contribution in [0, 0.1) is 0 Å². The molecule has 1 heterocycles. The smallest absolute Gasteiger partial charge is 0.323 e. The molecule has 3 N–H and O–H groups in total. The summed E-state index contributed by atoms with van der Waals surface area (Å²) in [5.41, 5.74) is 0. The van der Waals surface area contributed by atoms with E-state index >= 15 is 0 Å².